The Labute approximate surface area is 185 Å². The number of rotatable bonds is 3. The fourth-order valence-electron chi connectivity index (χ4n) is 5.76. The number of likely N-dealkylation sites (tertiary alicyclic amines) is 1. The van der Waals surface area contributed by atoms with E-state index >= 15 is 0 Å². The third-order valence-corrected chi connectivity index (χ3v) is 7.93. The number of nitrogens with zero attached hydrogens (tertiary/aromatic N) is 2. The predicted octanol–water partition coefficient (Wildman–Crippen LogP) is 5.52. The molecule has 0 spiro atoms. The van der Waals surface area contributed by atoms with Crippen LogP contribution in [0.4, 0.5) is 22.0 Å². The molecule has 1 saturated carbocycles. The van der Waals surface area contributed by atoms with E-state index in [-0.39, 0.29) is 37.3 Å². The molecule has 1 aliphatic carbocycles. The van der Waals surface area contributed by atoms with Crippen LogP contribution in [0.5, 0.6) is 0 Å². The zero-order chi connectivity index (χ0) is 23.3. The number of hydrogen-bond donors (Lipinski definition) is 0. The first-order valence-electron chi connectivity index (χ1n) is 11.5. The van der Waals surface area contributed by atoms with Crippen LogP contribution < -0.4 is 0 Å². The summed E-state index contributed by atoms with van der Waals surface area (Å²) in [5.74, 6) is -2.54. The van der Waals surface area contributed by atoms with Crippen LogP contribution in [-0.4, -0.2) is 47.3 Å². The molecule has 2 aliphatic heterocycles. The second kappa shape index (κ2) is 8.26. The van der Waals surface area contributed by atoms with Crippen LogP contribution in [0.2, 0.25) is 0 Å². The van der Waals surface area contributed by atoms with Gasteiger partial charge in [-0.25, -0.2) is 8.78 Å². The Bertz CT molecular complexity index is 858. The number of alkyl halides is 5. The standard InChI is InChI=1S/C24H31F5N2O/c1-16(2)22(7-5-20(14-22)30-11-8-23(25,26)9-12-30)21(32)31-10-6-17-3-4-19(24(27,28)29)13-18(17)15-31/h3-4,13,16,20H,5-12,14-15H2,1-2H3/t20-,22+/m1/s1. The summed E-state index contributed by atoms with van der Waals surface area (Å²) in [5.41, 5.74) is 0.140. The van der Waals surface area contributed by atoms with Crippen molar-refractivity contribution in [3.05, 3.63) is 34.9 Å². The van der Waals surface area contributed by atoms with Gasteiger partial charge in [-0.1, -0.05) is 19.9 Å². The van der Waals surface area contributed by atoms with Crippen molar-refractivity contribution in [1.29, 1.82) is 0 Å². The molecule has 0 bridgehead atoms. The third kappa shape index (κ3) is 4.39. The van der Waals surface area contributed by atoms with Gasteiger partial charge in [-0.05, 0) is 54.9 Å². The molecule has 3 nitrogen and oxygen atoms in total. The summed E-state index contributed by atoms with van der Waals surface area (Å²) >= 11 is 0. The highest BCUT2D eigenvalue weighted by molar-refractivity contribution is 5.84. The van der Waals surface area contributed by atoms with E-state index in [1.807, 2.05) is 13.8 Å². The minimum atomic E-state index is -4.41. The third-order valence-electron chi connectivity index (χ3n) is 7.93. The lowest BCUT2D eigenvalue weighted by Crippen LogP contribution is -2.49. The second-order valence-corrected chi connectivity index (χ2v) is 10.1. The lowest BCUT2D eigenvalue weighted by molar-refractivity contribution is -0.146. The van der Waals surface area contributed by atoms with Crippen LogP contribution in [0.25, 0.3) is 0 Å². The van der Waals surface area contributed by atoms with Crippen molar-refractivity contribution in [2.75, 3.05) is 19.6 Å². The maximum Gasteiger partial charge on any atom is 0.416 e. The van der Waals surface area contributed by atoms with Gasteiger partial charge in [0, 0.05) is 45.1 Å². The molecule has 2 heterocycles. The van der Waals surface area contributed by atoms with Gasteiger partial charge in [0.2, 0.25) is 5.91 Å². The Morgan fingerprint density at radius 2 is 1.75 bits per heavy atom. The smallest absolute Gasteiger partial charge is 0.338 e. The van der Waals surface area contributed by atoms with Gasteiger partial charge in [0.15, 0.2) is 0 Å². The fourth-order valence-corrected chi connectivity index (χ4v) is 5.76. The van der Waals surface area contributed by atoms with E-state index in [4.69, 9.17) is 0 Å². The zero-order valence-corrected chi connectivity index (χ0v) is 18.7. The van der Waals surface area contributed by atoms with Gasteiger partial charge in [-0.2, -0.15) is 13.2 Å². The average Bonchev–Trinajstić information content (AvgIpc) is 3.18. The number of hydrogen-bond acceptors (Lipinski definition) is 2. The normalized spacial score (nSPS) is 28.8. The molecule has 0 unspecified atom stereocenters. The van der Waals surface area contributed by atoms with Crippen molar-refractivity contribution in [3.8, 4) is 0 Å². The van der Waals surface area contributed by atoms with Crippen LogP contribution >= 0.6 is 0 Å². The number of halogens is 5. The Morgan fingerprint density at radius 1 is 1.06 bits per heavy atom. The minimum absolute atomic E-state index is 0.000371. The highest BCUT2D eigenvalue weighted by atomic mass is 19.4. The first-order valence-corrected chi connectivity index (χ1v) is 11.5. The molecule has 2 atom stereocenters. The molecule has 32 heavy (non-hydrogen) atoms. The molecule has 3 aliphatic rings. The van der Waals surface area contributed by atoms with Crippen molar-refractivity contribution < 1.29 is 26.7 Å². The summed E-state index contributed by atoms with van der Waals surface area (Å²) in [6.45, 7) is 5.41. The number of fused-ring (bicyclic) bond motifs is 1. The summed E-state index contributed by atoms with van der Waals surface area (Å²) in [7, 11) is 0. The number of carbonyl (C=O) groups is 1. The van der Waals surface area contributed by atoms with Gasteiger partial charge < -0.3 is 4.90 Å². The maximum absolute atomic E-state index is 13.8. The van der Waals surface area contributed by atoms with E-state index in [2.05, 4.69) is 4.90 Å². The van der Waals surface area contributed by atoms with Crippen LogP contribution in [0, 0.1) is 11.3 Å². The Balaban J connectivity index is 1.50. The molecule has 1 aromatic carbocycles. The predicted molar refractivity (Wildman–Crippen MR) is 111 cm³/mol. The van der Waals surface area contributed by atoms with Crippen molar-refractivity contribution in [1.82, 2.24) is 9.80 Å². The van der Waals surface area contributed by atoms with Crippen LogP contribution in [-0.2, 0) is 23.9 Å². The lowest BCUT2D eigenvalue weighted by atomic mass is 9.73. The summed E-state index contributed by atoms with van der Waals surface area (Å²) in [5, 5.41) is 0. The van der Waals surface area contributed by atoms with E-state index in [1.165, 1.54) is 12.1 Å². The van der Waals surface area contributed by atoms with Gasteiger partial charge in [0.05, 0.1) is 11.0 Å². The van der Waals surface area contributed by atoms with Crippen molar-refractivity contribution in [2.24, 2.45) is 11.3 Å². The highest BCUT2D eigenvalue weighted by Crippen LogP contribution is 2.48. The topological polar surface area (TPSA) is 23.6 Å². The van der Waals surface area contributed by atoms with E-state index < -0.39 is 23.1 Å². The first-order chi connectivity index (χ1) is 14.9. The summed E-state index contributed by atoms with van der Waals surface area (Å²) in [4.78, 5) is 17.6. The molecule has 2 fully saturated rings. The van der Waals surface area contributed by atoms with Gasteiger partial charge in [0.25, 0.3) is 5.92 Å². The Morgan fingerprint density at radius 3 is 2.38 bits per heavy atom. The molecule has 0 radical (unpaired) electrons. The molecular weight excluding hydrogens is 427 g/mol. The van der Waals surface area contributed by atoms with Gasteiger partial charge in [-0.3, -0.25) is 9.69 Å². The van der Waals surface area contributed by atoms with E-state index in [0.717, 1.165) is 18.1 Å². The average molecular weight is 459 g/mol. The molecule has 0 aromatic heterocycles. The molecule has 1 amide bonds. The summed E-state index contributed by atoms with van der Waals surface area (Å²) < 4.78 is 66.6. The van der Waals surface area contributed by atoms with E-state index in [1.54, 1.807) is 4.90 Å². The van der Waals surface area contributed by atoms with Crippen LogP contribution in [0.1, 0.15) is 62.6 Å². The molecule has 4 rings (SSSR count). The number of piperidine rings is 1. The number of carbonyl (C=O) groups excluding carboxylic acids is 1. The maximum atomic E-state index is 13.8. The largest absolute Gasteiger partial charge is 0.416 e. The number of amides is 1. The first kappa shape index (κ1) is 23.5. The molecule has 1 aromatic rings. The second-order valence-electron chi connectivity index (χ2n) is 10.1. The number of benzene rings is 1. The highest BCUT2D eigenvalue weighted by Gasteiger charge is 2.51. The molecule has 0 N–H and O–H groups in total. The molecule has 1 saturated heterocycles. The fraction of sp³-hybridized carbons (Fsp3) is 0.708. The Kier molecular flexibility index (Phi) is 6.06. The summed E-state index contributed by atoms with van der Waals surface area (Å²) in [6.07, 6.45) is -2.05. The van der Waals surface area contributed by atoms with Crippen molar-refractivity contribution in [3.63, 3.8) is 0 Å². The van der Waals surface area contributed by atoms with Crippen LogP contribution in [0.3, 0.4) is 0 Å². The minimum Gasteiger partial charge on any atom is -0.338 e. The molecule has 8 heteroatoms. The SMILES string of the molecule is CC(C)[C@]1(C(=O)N2CCc3ccc(C(F)(F)F)cc3C2)CC[C@@H](N2CCC(F)(F)CC2)C1. The zero-order valence-electron chi connectivity index (χ0n) is 18.7. The van der Waals surface area contributed by atoms with Crippen molar-refractivity contribution >= 4 is 5.91 Å². The van der Waals surface area contributed by atoms with Crippen molar-refractivity contribution in [2.45, 2.75) is 77.1 Å². The lowest BCUT2D eigenvalue weighted by Gasteiger charge is -2.41. The molecular formula is C24H31F5N2O. The quantitative estimate of drug-likeness (QED) is 0.557. The molecule has 178 valence electrons. The summed E-state index contributed by atoms with van der Waals surface area (Å²) in [6, 6.07) is 3.90. The van der Waals surface area contributed by atoms with Gasteiger partial charge in [0.1, 0.15) is 0 Å². The van der Waals surface area contributed by atoms with Crippen LogP contribution in [0.15, 0.2) is 18.2 Å². The van der Waals surface area contributed by atoms with E-state index in [0.29, 0.717) is 44.5 Å². The van der Waals surface area contributed by atoms with Gasteiger partial charge >= 0.3 is 6.18 Å². The Hall–Kier alpha value is -1.70. The van der Waals surface area contributed by atoms with Gasteiger partial charge in [-0.15, -0.1) is 0 Å². The van der Waals surface area contributed by atoms with E-state index in [9.17, 15) is 26.7 Å². The monoisotopic (exact) mass is 458 g/mol.